The molecule has 132 valence electrons. The minimum absolute atomic E-state index is 0.0157. The highest BCUT2D eigenvalue weighted by Gasteiger charge is 2.24. The molecule has 0 radical (unpaired) electrons. The van der Waals surface area contributed by atoms with Gasteiger partial charge >= 0.3 is 5.97 Å². The average molecular weight is 334 g/mol. The van der Waals surface area contributed by atoms with Gasteiger partial charge in [0.1, 0.15) is 6.04 Å². The van der Waals surface area contributed by atoms with Crippen molar-refractivity contribution in [2.75, 3.05) is 6.54 Å². The van der Waals surface area contributed by atoms with Crippen LogP contribution in [0.15, 0.2) is 24.3 Å². The first kappa shape index (κ1) is 19.7. The van der Waals surface area contributed by atoms with Crippen LogP contribution >= 0.6 is 0 Å². The van der Waals surface area contributed by atoms with Crippen molar-refractivity contribution in [1.29, 1.82) is 0 Å². The van der Waals surface area contributed by atoms with E-state index in [4.69, 9.17) is 5.11 Å². The van der Waals surface area contributed by atoms with Crippen LogP contribution in [0.4, 0.5) is 0 Å². The SMILES string of the molecule is CC(C)C(NC(=O)c1ccc(C(=O)NCC(C)(C)C)cc1)C(=O)O. The van der Waals surface area contributed by atoms with Gasteiger partial charge in [0, 0.05) is 17.7 Å². The fraction of sp³-hybridized carbons (Fsp3) is 0.500. The Kier molecular flexibility index (Phi) is 6.51. The van der Waals surface area contributed by atoms with Gasteiger partial charge in [-0.15, -0.1) is 0 Å². The number of amides is 2. The van der Waals surface area contributed by atoms with Gasteiger partial charge in [-0.2, -0.15) is 0 Å². The molecule has 0 saturated carbocycles. The second kappa shape index (κ2) is 7.95. The zero-order valence-electron chi connectivity index (χ0n) is 14.8. The second-order valence-electron chi connectivity index (χ2n) is 7.35. The number of hydrogen-bond donors (Lipinski definition) is 3. The van der Waals surface area contributed by atoms with Gasteiger partial charge in [0.15, 0.2) is 0 Å². The molecule has 1 aromatic rings. The molecule has 0 spiro atoms. The average Bonchev–Trinajstić information content (AvgIpc) is 2.48. The van der Waals surface area contributed by atoms with E-state index in [0.717, 1.165) is 0 Å². The summed E-state index contributed by atoms with van der Waals surface area (Å²) in [4.78, 5) is 35.3. The van der Waals surface area contributed by atoms with Crippen molar-refractivity contribution in [3.8, 4) is 0 Å². The van der Waals surface area contributed by atoms with E-state index in [1.165, 1.54) is 12.1 Å². The molecule has 1 rings (SSSR count). The topological polar surface area (TPSA) is 95.5 Å². The predicted octanol–water partition coefficient (Wildman–Crippen LogP) is 2.30. The summed E-state index contributed by atoms with van der Waals surface area (Å²) in [5, 5.41) is 14.4. The third-order valence-corrected chi connectivity index (χ3v) is 3.41. The zero-order valence-corrected chi connectivity index (χ0v) is 14.8. The van der Waals surface area contributed by atoms with E-state index >= 15 is 0 Å². The molecule has 0 fully saturated rings. The van der Waals surface area contributed by atoms with Crippen molar-refractivity contribution in [3.05, 3.63) is 35.4 Å². The lowest BCUT2D eigenvalue weighted by Gasteiger charge is -2.19. The number of nitrogens with one attached hydrogen (secondary N) is 2. The van der Waals surface area contributed by atoms with E-state index in [1.54, 1.807) is 26.0 Å². The largest absolute Gasteiger partial charge is 0.480 e. The van der Waals surface area contributed by atoms with Crippen molar-refractivity contribution in [2.45, 2.75) is 40.7 Å². The van der Waals surface area contributed by atoms with Gasteiger partial charge in [-0.3, -0.25) is 9.59 Å². The first-order chi connectivity index (χ1) is 11.0. The molecule has 1 aromatic carbocycles. The zero-order chi connectivity index (χ0) is 18.5. The van der Waals surface area contributed by atoms with Crippen LogP contribution in [-0.4, -0.2) is 35.5 Å². The molecule has 3 N–H and O–H groups in total. The number of aliphatic carboxylic acids is 1. The quantitative estimate of drug-likeness (QED) is 0.744. The molecule has 0 bridgehead atoms. The molecule has 0 aromatic heterocycles. The summed E-state index contributed by atoms with van der Waals surface area (Å²) in [6.07, 6.45) is 0. The van der Waals surface area contributed by atoms with E-state index < -0.39 is 17.9 Å². The molecule has 1 unspecified atom stereocenters. The Morgan fingerprint density at radius 1 is 1.00 bits per heavy atom. The smallest absolute Gasteiger partial charge is 0.326 e. The Morgan fingerprint density at radius 3 is 1.83 bits per heavy atom. The van der Waals surface area contributed by atoms with Gasteiger partial charge < -0.3 is 15.7 Å². The molecule has 6 heteroatoms. The van der Waals surface area contributed by atoms with E-state index in [9.17, 15) is 14.4 Å². The van der Waals surface area contributed by atoms with Crippen LogP contribution in [0.2, 0.25) is 0 Å². The lowest BCUT2D eigenvalue weighted by Crippen LogP contribution is -2.44. The fourth-order valence-corrected chi connectivity index (χ4v) is 1.96. The first-order valence-corrected chi connectivity index (χ1v) is 7.93. The Morgan fingerprint density at radius 2 is 1.46 bits per heavy atom. The molecular formula is C18H26N2O4. The predicted molar refractivity (Wildman–Crippen MR) is 92.0 cm³/mol. The highest BCUT2D eigenvalue weighted by molar-refractivity contribution is 5.99. The van der Waals surface area contributed by atoms with E-state index in [2.05, 4.69) is 10.6 Å². The standard InChI is InChI=1S/C18H26N2O4/c1-11(2)14(17(23)24)20-16(22)13-8-6-12(7-9-13)15(21)19-10-18(3,4)5/h6-9,11,14H,10H2,1-5H3,(H,19,21)(H,20,22)(H,23,24). The van der Waals surface area contributed by atoms with E-state index in [1.807, 2.05) is 20.8 Å². The highest BCUT2D eigenvalue weighted by Crippen LogP contribution is 2.12. The summed E-state index contributed by atoms with van der Waals surface area (Å²) >= 11 is 0. The van der Waals surface area contributed by atoms with Gasteiger partial charge in [-0.1, -0.05) is 34.6 Å². The highest BCUT2D eigenvalue weighted by atomic mass is 16.4. The van der Waals surface area contributed by atoms with Crippen molar-refractivity contribution in [3.63, 3.8) is 0 Å². The van der Waals surface area contributed by atoms with Crippen LogP contribution in [0, 0.1) is 11.3 Å². The molecule has 0 aliphatic carbocycles. The normalized spacial score (nSPS) is 12.6. The van der Waals surface area contributed by atoms with Crippen LogP contribution in [-0.2, 0) is 4.79 Å². The molecule has 1 atom stereocenters. The molecular weight excluding hydrogens is 308 g/mol. The first-order valence-electron chi connectivity index (χ1n) is 7.93. The number of carboxylic acids is 1. The fourth-order valence-electron chi connectivity index (χ4n) is 1.96. The van der Waals surface area contributed by atoms with Gasteiger partial charge in [0.05, 0.1) is 0 Å². The molecule has 0 aliphatic rings. The monoisotopic (exact) mass is 334 g/mol. The number of benzene rings is 1. The Balaban J connectivity index is 2.74. The molecule has 0 saturated heterocycles. The van der Waals surface area contributed by atoms with Crippen LogP contribution in [0.5, 0.6) is 0 Å². The summed E-state index contributed by atoms with van der Waals surface area (Å²) in [6, 6.07) is 5.18. The van der Waals surface area contributed by atoms with Crippen LogP contribution < -0.4 is 10.6 Å². The molecule has 0 heterocycles. The van der Waals surface area contributed by atoms with Gasteiger partial charge in [-0.05, 0) is 35.6 Å². The van der Waals surface area contributed by atoms with Gasteiger partial charge in [0.25, 0.3) is 11.8 Å². The summed E-state index contributed by atoms with van der Waals surface area (Å²) in [5.74, 6) is -1.98. The summed E-state index contributed by atoms with van der Waals surface area (Å²) in [5.41, 5.74) is 0.752. The molecule has 0 aliphatic heterocycles. The maximum atomic E-state index is 12.1. The Hall–Kier alpha value is -2.37. The van der Waals surface area contributed by atoms with Crippen molar-refractivity contribution in [1.82, 2.24) is 10.6 Å². The number of carbonyl (C=O) groups excluding carboxylic acids is 2. The Labute approximate surface area is 142 Å². The number of hydrogen-bond acceptors (Lipinski definition) is 3. The maximum Gasteiger partial charge on any atom is 0.326 e. The molecule has 24 heavy (non-hydrogen) atoms. The maximum absolute atomic E-state index is 12.1. The second-order valence-corrected chi connectivity index (χ2v) is 7.35. The van der Waals surface area contributed by atoms with Crippen molar-refractivity contribution < 1.29 is 19.5 Å². The van der Waals surface area contributed by atoms with Crippen LogP contribution in [0.3, 0.4) is 0 Å². The van der Waals surface area contributed by atoms with Crippen molar-refractivity contribution >= 4 is 17.8 Å². The summed E-state index contributed by atoms with van der Waals surface area (Å²) in [7, 11) is 0. The van der Waals surface area contributed by atoms with Crippen molar-refractivity contribution in [2.24, 2.45) is 11.3 Å². The van der Waals surface area contributed by atoms with Gasteiger partial charge in [-0.25, -0.2) is 4.79 Å². The lowest BCUT2D eigenvalue weighted by molar-refractivity contribution is -0.140. The minimum Gasteiger partial charge on any atom is -0.480 e. The molecule has 2 amide bonds. The van der Waals surface area contributed by atoms with Crippen LogP contribution in [0.25, 0.3) is 0 Å². The van der Waals surface area contributed by atoms with Crippen LogP contribution in [0.1, 0.15) is 55.3 Å². The van der Waals surface area contributed by atoms with E-state index in [0.29, 0.717) is 17.7 Å². The third-order valence-electron chi connectivity index (χ3n) is 3.41. The van der Waals surface area contributed by atoms with E-state index in [-0.39, 0.29) is 17.2 Å². The number of rotatable bonds is 6. The lowest BCUT2D eigenvalue weighted by atomic mass is 9.97. The van der Waals surface area contributed by atoms with Gasteiger partial charge in [0.2, 0.25) is 0 Å². The minimum atomic E-state index is -1.07. The number of carbonyl (C=O) groups is 3. The third kappa shape index (κ3) is 6.02. The summed E-state index contributed by atoms with van der Waals surface area (Å²) in [6.45, 7) is 10.1. The Bertz CT molecular complexity index is 600. The number of carboxylic acid groups (broad SMARTS) is 1. The summed E-state index contributed by atoms with van der Waals surface area (Å²) < 4.78 is 0. The molecule has 6 nitrogen and oxygen atoms in total.